The zero-order valence-corrected chi connectivity index (χ0v) is 13.0. The first kappa shape index (κ1) is 14.3. The lowest BCUT2D eigenvalue weighted by molar-refractivity contribution is 0.0967. The van der Waals surface area contributed by atoms with Gasteiger partial charge in [-0.15, -0.1) is 0 Å². The predicted molar refractivity (Wildman–Crippen MR) is 86.7 cm³/mol. The monoisotopic (exact) mass is 284 g/mol. The molecular formula is C18H24N2O. The van der Waals surface area contributed by atoms with Crippen molar-refractivity contribution in [2.75, 3.05) is 20.1 Å². The Hall–Kier alpha value is -1.61. The number of aryl methyl sites for hydroxylation is 1. The molecule has 0 radical (unpaired) electrons. The van der Waals surface area contributed by atoms with Gasteiger partial charge in [-0.05, 0) is 51.4 Å². The molecule has 0 unspecified atom stereocenters. The molecule has 3 nitrogen and oxygen atoms in total. The van der Waals surface area contributed by atoms with Crippen molar-refractivity contribution in [3.63, 3.8) is 0 Å². The van der Waals surface area contributed by atoms with Gasteiger partial charge in [-0.3, -0.25) is 4.79 Å². The van der Waals surface area contributed by atoms with Crippen LogP contribution in [0, 0.1) is 5.92 Å². The smallest absolute Gasteiger partial charge is 0.165 e. The summed E-state index contributed by atoms with van der Waals surface area (Å²) >= 11 is 0. The van der Waals surface area contributed by atoms with Crippen molar-refractivity contribution in [2.45, 2.75) is 25.7 Å². The van der Waals surface area contributed by atoms with Crippen molar-refractivity contribution in [2.24, 2.45) is 13.0 Å². The maximum atomic E-state index is 12.6. The number of ketones is 1. The molecule has 2 heterocycles. The van der Waals surface area contributed by atoms with Crippen LogP contribution in [0.4, 0.5) is 0 Å². The van der Waals surface area contributed by atoms with Gasteiger partial charge >= 0.3 is 0 Å². The Kier molecular flexibility index (Phi) is 4.11. The second-order valence-corrected chi connectivity index (χ2v) is 6.38. The van der Waals surface area contributed by atoms with Gasteiger partial charge in [0, 0.05) is 36.1 Å². The van der Waals surface area contributed by atoms with E-state index in [0.717, 1.165) is 28.8 Å². The second-order valence-electron chi connectivity index (χ2n) is 6.38. The summed E-state index contributed by atoms with van der Waals surface area (Å²) in [4.78, 5) is 14.9. The molecule has 0 N–H and O–H groups in total. The van der Waals surface area contributed by atoms with E-state index in [2.05, 4.69) is 28.6 Å². The first-order valence-electron chi connectivity index (χ1n) is 7.91. The summed E-state index contributed by atoms with van der Waals surface area (Å²) in [5, 5.41) is 1.09. The van der Waals surface area contributed by atoms with Crippen molar-refractivity contribution in [1.29, 1.82) is 0 Å². The Labute approximate surface area is 126 Å². The Morgan fingerprint density at radius 2 is 1.90 bits per heavy atom. The molecule has 0 aliphatic carbocycles. The van der Waals surface area contributed by atoms with Gasteiger partial charge in [0.15, 0.2) is 5.78 Å². The minimum Gasteiger partial charge on any atom is -0.350 e. The Morgan fingerprint density at radius 1 is 1.19 bits per heavy atom. The van der Waals surface area contributed by atoms with Crippen molar-refractivity contribution in [3.05, 3.63) is 36.0 Å². The van der Waals surface area contributed by atoms with Gasteiger partial charge in [0.05, 0.1) is 0 Å². The first-order valence-corrected chi connectivity index (χ1v) is 7.91. The topological polar surface area (TPSA) is 25.2 Å². The van der Waals surface area contributed by atoms with Gasteiger partial charge in [-0.2, -0.15) is 0 Å². The predicted octanol–water partition coefficient (Wildman–Crippen LogP) is 3.48. The number of hydrogen-bond acceptors (Lipinski definition) is 2. The first-order chi connectivity index (χ1) is 10.1. The number of hydrogen-bond donors (Lipinski definition) is 0. The molecule has 1 aromatic heterocycles. The fourth-order valence-electron chi connectivity index (χ4n) is 3.38. The molecule has 1 fully saturated rings. The number of aromatic nitrogens is 1. The molecule has 1 aliphatic heterocycles. The third-order valence-electron chi connectivity index (χ3n) is 4.82. The quantitative estimate of drug-likeness (QED) is 0.803. The lowest BCUT2D eigenvalue weighted by atomic mass is 9.90. The number of piperidine rings is 1. The fraction of sp³-hybridized carbons (Fsp3) is 0.500. The number of carbonyl (C=O) groups excluding carboxylic acids is 1. The van der Waals surface area contributed by atoms with Gasteiger partial charge < -0.3 is 9.47 Å². The lowest BCUT2D eigenvalue weighted by Gasteiger charge is -2.28. The molecule has 2 aromatic rings. The van der Waals surface area contributed by atoms with Crippen molar-refractivity contribution < 1.29 is 4.79 Å². The largest absolute Gasteiger partial charge is 0.350 e. The van der Waals surface area contributed by atoms with Crippen LogP contribution < -0.4 is 0 Å². The van der Waals surface area contributed by atoms with Crippen LogP contribution in [0.2, 0.25) is 0 Å². The van der Waals surface area contributed by atoms with Gasteiger partial charge in [0.2, 0.25) is 0 Å². The number of fused-ring (bicyclic) bond motifs is 1. The van der Waals surface area contributed by atoms with Gasteiger partial charge in [-0.25, -0.2) is 0 Å². The van der Waals surface area contributed by atoms with Crippen molar-refractivity contribution >= 4 is 16.7 Å². The summed E-state index contributed by atoms with van der Waals surface area (Å²) in [6.07, 6.45) is 6.18. The molecular weight excluding hydrogens is 260 g/mol. The Morgan fingerprint density at radius 3 is 2.67 bits per heavy atom. The molecule has 1 aliphatic rings. The lowest BCUT2D eigenvalue weighted by Crippen LogP contribution is -2.30. The SMILES string of the molecule is CN1CCC(CCC(=O)c2cn(C)c3ccccc23)CC1. The molecule has 112 valence electrons. The maximum Gasteiger partial charge on any atom is 0.165 e. The van der Waals surface area contributed by atoms with Gasteiger partial charge in [0.1, 0.15) is 0 Å². The summed E-state index contributed by atoms with van der Waals surface area (Å²) < 4.78 is 2.05. The molecule has 1 saturated heterocycles. The third-order valence-corrected chi connectivity index (χ3v) is 4.82. The molecule has 21 heavy (non-hydrogen) atoms. The molecule has 0 saturated carbocycles. The average Bonchev–Trinajstić information content (AvgIpc) is 2.84. The van der Waals surface area contributed by atoms with E-state index in [0.29, 0.717) is 12.2 Å². The fourth-order valence-corrected chi connectivity index (χ4v) is 3.38. The molecule has 3 rings (SSSR count). The van der Waals surface area contributed by atoms with Crippen LogP contribution in [0.5, 0.6) is 0 Å². The summed E-state index contributed by atoms with van der Waals surface area (Å²) in [7, 11) is 4.19. The van der Waals surface area contributed by atoms with Crippen LogP contribution in [0.15, 0.2) is 30.5 Å². The van der Waals surface area contributed by atoms with Crippen LogP contribution in [0.1, 0.15) is 36.0 Å². The number of benzene rings is 1. The minimum absolute atomic E-state index is 0.297. The summed E-state index contributed by atoms with van der Waals surface area (Å²) in [5.74, 6) is 1.02. The second kappa shape index (κ2) is 6.02. The standard InChI is InChI=1S/C18H24N2O/c1-19-11-9-14(10-12-19)7-8-18(21)16-13-20(2)17-6-4-3-5-15(16)17/h3-6,13-14H,7-12H2,1-2H3. The zero-order chi connectivity index (χ0) is 14.8. The number of carbonyl (C=O) groups is 1. The highest BCUT2D eigenvalue weighted by atomic mass is 16.1. The number of nitrogens with zero attached hydrogens (tertiary/aromatic N) is 2. The highest BCUT2D eigenvalue weighted by Crippen LogP contribution is 2.25. The van der Waals surface area contributed by atoms with Gasteiger partial charge in [0.25, 0.3) is 0 Å². The van der Waals surface area contributed by atoms with E-state index in [4.69, 9.17) is 0 Å². The van der Waals surface area contributed by atoms with Crippen LogP contribution in [0.25, 0.3) is 10.9 Å². The van der Waals surface area contributed by atoms with E-state index < -0.39 is 0 Å². The average molecular weight is 284 g/mol. The molecule has 0 spiro atoms. The normalized spacial score (nSPS) is 17.4. The molecule has 0 bridgehead atoms. The number of likely N-dealkylation sites (tertiary alicyclic amines) is 1. The summed E-state index contributed by atoms with van der Waals surface area (Å²) in [5.41, 5.74) is 2.03. The van der Waals surface area contributed by atoms with E-state index in [1.54, 1.807) is 0 Å². The van der Waals surface area contributed by atoms with E-state index >= 15 is 0 Å². The van der Waals surface area contributed by atoms with E-state index in [9.17, 15) is 4.79 Å². The molecule has 3 heteroatoms. The van der Waals surface area contributed by atoms with Crippen LogP contribution in [-0.4, -0.2) is 35.4 Å². The van der Waals surface area contributed by atoms with Crippen molar-refractivity contribution in [1.82, 2.24) is 9.47 Å². The van der Waals surface area contributed by atoms with E-state index in [-0.39, 0.29) is 0 Å². The van der Waals surface area contributed by atoms with E-state index in [1.807, 2.05) is 25.4 Å². The number of Topliss-reactive ketones (excluding diaryl/α,β-unsaturated/α-hetero) is 1. The number of rotatable bonds is 4. The third kappa shape index (κ3) is 3.03. The van der Waals surface area contributed by atoms with Crippen LogP contribution in [0.3, 0.4) is 0 Å². The van der Waals surface area contributed by atoms with Gasteiger partial charge in [-0.1, -0.05) is 18.2 Å². The highest BCUT2D eigenvalue weighted by Gasteiger charge is 2.19. The summed E-state index contributed by atoms with van der Waals surface area (Å²) in [6.45, 7) is 2.35. The van der Waals surface area contributed by atoms with E-state index in [1.165, 1.54) is 25.9 Å². The van der Waals surface area contributed by atoms with Crippen LogP contribution >= 0.6 is 0 Å². The zero-order valence-electron chi connectivity index (χ0n) is 13.0. The molecule has 0 amide bonds. The minimum atomic E-state index is 0.297. The van der Waals surface area contributed by atoms with Crippen molar-refractivity contribution in [3.8, 4) is 0 Å². The molecule has 1 aromatic carbocycles. The maximum absolute atomic E-state index is 12.6. The molecule has 0 atom stereocenters. The highest BCUT2D eigenvalue weighted by molar-refractivity contribution is 6.08. The Balaban J connectivity index is 1.67. The summed E-state index contributed by atoms with van der Waals surface area (Å²) in [6, 6.07) is 8.16. The number of para-hydroxylation sites is 1. The van der Waals surface area contributed by atoms with Crippen LogP contribution in [-0.2, 0) is 7.05 Å². The Bertz CT molecular complexity index is 636.